The van der Waals surface area contributed by atoms with Crippen LogP contribution in [0.4, 0.5) is 0 Å². The first-order chi connectivity index (χ1) is 17.5. The SMILES string of the molecule is CC(=O)Oc1c(C)c(C)c2c(c1CN=[N+]=[N-])CC[C@@](C)(CCC[C@H](C)CCC[C@H](C)CCCC(C)C)O2. The summed E-state index contributed by atoms with van der Waals surface area (Å²) < 4.78 is 12.2. The zero-order valence-corrected chi connectivity index (χ0v) is 24.8. The van der Waals surface area contributed by atoms with E-state index in [4.69, 9.17) is 15.0 Å². The Labute approximate surface area is 225 Å². The van der Waals surface area contributed by atoms with Gasteiger partial charge in [0, 0.05) is 23.0 Å². The smallest absolute Gasteiger partial charge is 0.308 e. The van der Waals surface area contributed by atoms with Crippen LogP contribution in [0.15, 0.2) is 5.11 Å². The number of hydrogen-bond donors (Lipinski definition) is 0. The van der Waals surface area contributed by atoms with E-state index in [1.54, 1.807) is 0 Å². The molecule has 1 aliphatic heterocycles. The monoisotopic (exact) mass is 513 g/mol. The van der Waals surface area contributed by atoms with Crippen LogP contribution < -0.4 is 9.47 Å². The zero-order valence-electron chi connectivity index (χ0n) is 24.8. The Hall–Kier alpha value is -2.20. The predicted molar refractivity (Wildman–Crippen MR) is 152 cm³/mol. The van der Waals surface area contributed by atoms with Crippen molar-refractivity contribution in [1.29, 1.82) is 0 Å². The minimum absolute atomic E-state index is 0.149. The number of benzene rings is 1. The van der Waals surface area contributed by atoms with Crippen LogP contribution in [0.25, 0.3) is 10.4 Å². The van der Waals surface area contributed by atoms with Crippen molar-refractivity contribution in [3.05, 3.63) is 32.7 Å². The van der Waals surface area contributed by atoms with Gasteiger partial charge >= 0.3 is 5.97 Å². The molecule has 0 unspecified atom stereocenters. The van der Waals surface area contributed by atoms with Crippen LogP contribution in [0.3, 0.4) is 0 Å². The normalized spacial score (nSPS) is 18.5. The number of esters is 1. The average molecular weight is 514 g/mol. The summed E-state index contributed by atoms with van der Waals surface area (Å²) in [6, 6.07) is 0. The van der Waals surface area contributed by atoms with Crippen LogP contribution in [0.5, 0.6) is 11.5 Å². The molecule has 0 aliphatic carbocycles. The highest BCUT2D eigenvalue weighted by atomic mass is 16.5. The molecule has 1 aromatic carbocycles. The van der Waals surface area contributed by atoms with Crippen LogP contribution in [0.2, 0.25) is 0 Å². The number of rotatable bonds is 15. The van der Waals surface area contributed by atoms with Crippen molar-refractivity contribution in [2.24, 2.45) is 22.9 Å². The fourth-order valence-corrected chi connectivity index (χ4v) is 5.69. The van der Waals surface area contributed by atoms with E-state index in [1.165, 1.54) is 51.9 Å². The highest BCUT2D eigenvalue weighted by Gasteiger charge is 2.35. The molecule has 0 radical (unpaired) electrons. The first-order valence-corrected chi connectivity index (χ1v) is 14.5. The summed E-state index contributed by atoms with van der Waals surface area (Å²) >= 11 is 0. The second-order valence-corrected chi connectivity index (χ2v) is 12.3. The van der Waals surface area contributed by atoms with E-state index in [0.717, 1.165) is 71.4 Å². The fraction of sp³-hybridized carbons (Fsp3) is 0.774. The molecule has 1 aliphatic rings. The van der Waals surface area contributed by atoms with E-state index >= 15 is 0 Å². The third-order valence-electron chi connectivity index (χ3n) is 8.22. The Kier molecular flexibility index (Phi) is 12.3. The number of fused-ring (bicyclic) bond motifs is 1. The molecule has 1 aromatic rings. The molecule has 208 valence electrons. The average Bonchev–Trinajstić information content (AvgIpc) is 2.82. The number of carbonyl (C=O) groups excluding carboxylic acids is 1. The maximum atomic E-state index is 11.8. The molecule has 0 amide bonds. The van der Waals surface area contributed by atoms with E-state index in [2.05, 4.69) is 44.6 Å². The molecule has 0 N–H and O–H groups in total. The lowest BCUT2D eigenvalue weighted by molar-refractivity contribution is -0.132. The van der Waals surface area contributed by atoms with Gasteiger partial charge in [0.15, 0.2) is 0 Å². The maximum Gasteiger partial charge on any atom is 0.308 e. The first kappa shape index (κ1) is 31.0. The molecule has 6 heteroatoms. The first-order valence-electron chi connectivity index (χ1n) is 14.5. The van der Waals surface area contributed by atoms with Gasteiger partial charge in [-0.05, 0) is 80.9 Å². The van der Waals surface area contributed by atoms with Gasteiger partial charge in [-0.2, -0.15) is 0 Å². The largest absolute Gasteiger partial charge is 0.487 e. The molecule has 3 atom stereocenters. The summed E-state index contributed by atoms with van der Waals surface area (Å²) in [6.07, 6.45) is 13.2. The molecule has 0 saturated heterocycles. The summed E-state index contributed by atoms with van der Waals surface area (Å²) in [5.74, 6) is 3.43. The molecule has 0 spiro atoms. The number of hydrogen-bond acceptors (Lipinski definition) is 4. The lowest BCUT2D eigenvalue weighted by Crippen LogP contribution is -2.37. The van der Waals surface area contributed by atoms with Gasteiger partial charge in [-0.15, -0.1) is 0 Å². The second kappa shape index (κ2) is 14.7. The van der Waals surface area contributed by atoms with Gasteiger partial charge in [-0.25, -0.2) is 0 Å². The van der Waals surface area contributed by atoms with Gasteiger partial charge in [0.2, 0.25) is 0 Å². The Morgan fingerprint density at radius 3 is 2.19 bits per heavy atom. The third kappa shape index (κ3) is 9.56. The molecular weight excluding hydrogens is 462 g/mol. The van der Waals surface area contributed by atoms with E-state index in [9.17, 15) is 4.79 Å². The van der Waals surface area contributed by atoms with Gasteiger partial charge in [-0.3, -0.25) is 4.79 Å². The third-order valence-corrected chi connectivity index (χ3v) is 8.22. The van der Waals surface area contributed by atoms with Crippen LogP contribution in [0.1, 0.15) is 128 Å². The van der Waals surface area contributed by atoms with Gasteiger partial charge in [0.1, 0.15) is 17.1 Å². The zero-order chi connectivity index (χ0) is 27.6. The molecule has 0 saturated carbocycles. The van der Waals surface area contributed by atoms with Crippen LogP contribution in [-0.2, 0) is 17.8 Å². The molecule has 37 heavy (non-hydrogen) atoms. The number of carbonyl (C=O) groups is 1. The van der Waals surface area contributed by atoms with Gasteiger partial charge in [0.25, 0.3) is 0 Å². The molecule has 0 fully saturated rings. The van der Waals surface area contributed by atoms with E-state index < -0.39 is 0 Å². The van der Waals surface area contributed by atoms with Crippen molar-refractivity contribution in [3.8, 4) is 11.5 Å². The summed E-state index contributed by atoms with van der Waals surface area (Å²) in [5.41, 5.74) is 12.3. The second-order valence-electron chi connectivity index (χ2n) is 12.3. The number of nitrogens with zero attached hydrogens (tertiary/aromatic N) is 3. The Bertz CT molecular complexity index is 952. The summed E-state index contributed by atoms with van der Waals surface area (Å²) in [6.45, 7) is 17.2. The fourth-order valence-electron chi connectivity index (χ4n) is 5.69. The number of azide groups is 1. The quantitative estimate of drug-likeness (QED) is 0.0769. The lowest BCUT2D eigenvalue weighted by Gasteiger charge is -2.38. The Balaban J connectivity index is 1.94. The summed E-state index contributed by atoms with van der Waals surface area (Å²) in [4.78, 5) is 14.7. The topological polar surface area (TPSA) is 84.3 Å². The Morgan fingerprint density at radius 1 is 1.03 bits per heavy atom. The van der Waals surface area contributed by atoms with Gasteiger partial charge in [0.05, 0.1) is 6.54 Å². The van der Waals surface area contributed by atoms with E-state index in [1.807, 2.05) is 13.8 Å². The maximum absolute atomic E-state index is 11.8. The van der Waals surface area contributed by atoms with Crippen molar-refractivity contribution in [1.82, 2.24) is 0 Å². The molecule has 1 heterocycles. The summed E-state index contributed by atoms with van der Waals surface area (Å²) in [5, 5.41) is 3.78. The molecule has 6 nitrogen and oxygen atoms in total. The highest BCUT2D eigenvalue weighted by Crippen LogP contribution is 2.45. The van der Waals surface area contributed by atoms with E-state index in [-0.39, 0.29) is 18.1 Å². The predicted octanol–water partition coefficient (Wildman–Crippen LogP) is 9.56. The standard InChI is InChI=1S/C31H51N3O3/c1-21(2)12-9-13-22(3)14-10-15-23(4)16-11-18-31(8)19-17-27-28(20-33-34-32)29(36-26(7)35)24(5)25(6)30(27)37-31/h21-23H,9-20H2,1-8H3/t22-,23-,31-/m1/s1. The van der Waals surface area contributed by atoms with Crippen molar-refractivity contribution < 1.29 is 14.3 Å². The molecular formula is C31H51N3O3. The minimum Gasteiger partial charge on any atom is -0.487 e. The highest BCUT2D eigenvalue weighted by molar-refractivity contribution is 5.72. The van der Waals surface area contributed by atoms with E-state index in [0.29, 0.717) is 5.75 Å². The Morgan fingerprint density at radius 2 is 1.62 bits per heavy atom. The van der Waals surface area contributed by atoms with Crippen LogP contribution >= 0.6 is 0 Å². The van der Waals surface area contributed by atoms with Crippen molar-refractivity contribution >= 4 is 5.97 Å². The van der Waals surface area contributed by atoms with Gasteiger partial charge in [-0.1, -0.05) is 77.8 Å². The van der Waals surface area contributed by atoms with Crippen molar-refractivity contribution in [2.45, 2.75) is 138 Å². The molecule has 0 aromatic heterocycles. The minimum atomic E-state index is -0.374. The van der Waals surface area contributed by atoms with Crippen molar-refractivity contribution in [3.63, 3.8) is 0 Å². The van der Waals surface area contributed by atoms with Crippen LogP contribution in [0, 0.1) is 31.6 Å². The molecule has 0 bridgehead atoms. The van der Waals surface area contributed by atoms with Gasteiger partial charge < -0.3 is 9.47 Å². The number of ether oxygens (including phenoxy) is 2. The summed E-state index contributed by atoms with van der Waals surface area (Å²) in [7, 11) is 0. The van der Waals surface area contributed by atoms with Crippen molar-refractivity contribution in [2.75, 3.05) is 0 Å². The molecule has 2 rings (SSSR count). The van der Waals surface area contributed by atoms with Crippen LogP contribution in [-0.4, -0.2) is 11.6 Å². The lowest BCUT2D eigenvalue weighted by atomic mass is 9.83.